The second kappa shape index (κ2) is 10.3. The Balaban J connectivity index is 1.52. The van der Waals surface area contributed by atoms with Gasteiger partial charge in [0, 0.05) is 13.1 Å². The van der Waals surface area contributed by atoms with E-state index in [-0.39, 0.29) is 43.0 Å². The molecule has 0 aliphatic rings. The first kappa shape index (κ1) is 23.2. The van der Waals surface area contributed by atoms with E-state index >= 15 is 0 Å². The molecule has 0 bridgehead atoms. The van der Waals surface area contributed by atoms with Gasteiger partial charge < -0.3 is 10.2 Å². The van der Waals surface area contributed by atoms with Crippen LogP contribution in [0.15, 0.2) is 66.0 Å². The summed E-state index contributed by atoms with van der Waals surface area (Å²) in [5.74, 6) is -1.23. The Kier molecular flexibility index (Phi) is 7.07. The normalized spacial score (nSPS) is 10.8. The molecule has 0 aliphatic carbocycles. The lowest BCUT2D eigenvalue weighted by Crippen LogP contribution is -2.40. The van der Waals surface area contributed by atoms with E-state index in [1.54, 1.807) is 31.2 Å². The van der Waals surface area contributed by atoms with Gasteiger partial charge in [0.25, 0.3) is 5.91 Å². The molecule has 0 saturated carbocycles. The van der Waals surface area contributed by atoms with Crippen molar-refractivity contribution >= 4 is 23.2 Å². The summed E-state index contributed by atoms with van der Waals surface area (Å²) in [5.41, 5.74) is 1.29. The Morgan fingerprint density at radius 2 is 1.71 bits per heavy atom. The van der Waals surface area contributed by atoms with E-state index in [9.17, 15) is 18.4 Å². The molecule has 0 unspecified atom stereocenters. The largest absolute Gasteiger partial charge is 0.350 e. The fourth-order valence-corrected chi connectivity index (χ4v) is 3.93. The van der Waals surface area contributed by atoms with Crippen LogP contribution in [0.25, 0.3) is 16.4 Å². The molecule has 174 valence electrons. The molecule has 0 aliphatic heterocycles. The summed E-state index contributed by atoms with van der Waals surface area (Å²) in [4.78, 5) is 32.2. The Morgan fingerprint density at radius 1 is 1.03 bits per heavy atom. The molecular formula is C24H21F2N5O2S. The number of halogens is 2. The zero-order chi connectivity index (χ0) is 24.1. The zero-order valence-corrected chi connectivity index (χ0v) is 19.1. The molecule has 0 spiro atoms. The number of nitrogens with zero attached hydrogens (tertiary/aromatic N) is 4. The van der Waals surface area contributed by atoms with Crippen LogP contribution in [0.3, 0.4) is 0 Å². The number of hydrogen-bond acceptors (Lipinski definition) is 5. The molecule has 1 N–H and O–H groups in total. The van der Waals surface area contributed by atoms with Crippen molar-refractivity contribution in [2.75, 3.05) is 13.1 Å². The molecule has 0 radical (unpaired) electrons. The van der Waals surface area contributed by atoms with Crippen LogP contribution in [-0.2, 0) is 11.3 Å². The molecule has 0 atom stereocenters. The van der Waals surface area contributed by atoms with Gasteiger partial charge in [-0.25, -0.2) is 18.4 Å². The van der Waals surface area contributed by atoms with Crippen LogP contribution in [0.4, 0.5) is 8.78 Å². The van der Waals surface area contributed by atoms with Crippen LogP contribution in [0.5, 0.6) is 0 Å². The quantitative estimate of drug-likeness (QED) is 0.412. The van der Waals surface area contributed by atoms with Crippen LogP contribution < -0.4 is 5.32 Å². The summed E-state index contributed by atoms with van der Waals surface area (Å²) >= 11 is 1.43. The number of aromatic nitrogens is 3. The van der Waals surface area contributed by atoms with Crippen molar-refractivity contribution < 1.29 is 18.4 Å². The van der Waals surface area contributed by atoms with Crippen molar-refractivity contribution in [1.29, 1.82) is 0 Å². The van der Waals surface area contributed by atoms with E-state index in [2.05, 4.69) is 15.4 Å². The predicted molar refractivity (Wildman–Crippen MR) is 124 cm³/mol. The molecule has 2 amide bonds. The number of hydrogen-bond donors (Lipinski definition) is 1. The third-order valence-corrected chi connectivity index (χ3v) is 5.88. The summed E-state index contributed by atoms with van der Waals surface area (Å²) in [6, 6.07) is 15.2. The maximum Gasteiger partial charge on any atom is 0.294 e. The van der Waals surface area contributed by atoms with Crippen LogP contribution in [0.1, 0.15) is 23.1 Å². The lowest BCUT2D eigenvalue weighted by atomic mass is 10.2. The summed E-state index contributed by atoms with van der Waals surface area (Å²) in [6.45, 7) is 2.05. The monoisotopic (exact) mass is 481 g/mol. The molecule has 34 heavy (non-hydrogen) atoms. The van der Waals surface area contributed by atoms with E-state index in [1.165, 1.54) is 45.2 Å². The van der Waals surface area contributed by atoms with Crippen molar-refractivity contribution in [3.8, 4) is 16.4 Å². The van der Waals surface area contributed by atoms with E-state index in [4.69, 9.17) is 0 Å². The molecule has 0 fully saturated rings. The molecule has 7 nitrogen and oxygen atoms in total. The lowest BCUT2D eigenvalue weighted by molar-refractivity contribution is -0.121. The fourth-order valence-electron chi connectivity index (χ4n) is 3.23. The number of likely N-dealkylation sites (N-methyl/N-ethyl adjacent to an activating group) is 1. The highest BCUT2D eigenvalue weighted by Gasteiger charge is 2.24. The lowest BCUT2D eigenvalue weighted by Gasteiger charge is -2.18. The van der Waals surface area contributed by atoms with Gasteiger partial charge in [-0.05, 0) is 60.3 Å². The topological polar surface area (TPSA) is 80.1 Å². The highest BCUT2D eigenvalue weighted by molar-refractivity contribution is 7.13. The molecule has 10 heteroatoms. The van der Waals surface area contributed by atoms with Crippen LogP contribution in [-0.4, -0.2) is 44.6 Å². The fraction of sp³-hybridized carbons (Fsp3) is 0.167. The second-order valence-electron chi connectivity index (χ2n) is 7.35. The third kappa shape index (κ3) is 5.34. The standard InChI is InChI=1S/C24H21F2N5O2S/c1-2-30(15-21(32)27-14-16-5-7-17(25)8-6-16)24(33)22-28-23(20-4-3-13-34-20)31(29-22)19-11-9-18(26)10-12-19/h3-13H,2,14-15H2,1H3,(H,27,32). The van der Waals surface area contributed by atoms with Crippen LogP contribution in [0.2, 0.25) is 0 Å². The van der Waals surface area contributed by atoms with E-state index in [0.717, 1.165) is 10.4 Å². The van der Waals surface area contributed by atoms with Gasteiger partial charge in [-0.15, -0.1) is 16.4 Å². The van der Waals surface area contributed by atoms with Gasteiger partial charge in [-0.2, -0.15) is 0 Å². The van der Waals surface area contributed by atoms with E-state index in [1.807, 2.05) is 17.5 Å². The van der Waals surface area contributed by atoms with Crippen molar-refractivity contribution in [2.45, 2.75) is 13.5 Å². The van der Waals surface area contributed by atoms with Crippen LogP contribution >= 0.6 is 11.3 Å². The number of thiophene rings is 1. The van der Waals surface area contributed by atoms with Gasteiger partial charge in [-0.1, -0.05) is 18.2 Å². The molecule has 2 heterocycles. The average Bonchev–Trinajstić information content (AvgIpc) is 3.52. The average molecular weight is 482 g/mol. The highest BCUT2D eigenvalue weighted by Crippen LogP contribution is 2.26. The Labute approximate surface area is 198 Å². The van der Waals surface area contributed by atoms with Gasteiger partial charge in [0.15, 0.2) is 5.82 Å². The SMILES string of the molecule is CCN(CC(=O)NCc1ccc(F)cc1)C(=O)c1nc(-c2cccs2)n(-c2ccc(F)cc2)n1. The maximum atomic E-state index is 13.4. The first-order valence-electron chi connectivity index (χ1n) is 10.5. The maximum absolute atomic E-state index is 13.4. The summed E-state index contributed by atoms with van der Waals surface area (Å²) < 4.78 is 27.9. The van der Waals surface area contributed by atoms with Gasteiger partial charge in [0.05, 0.1) is 17.1 Å². The van der Waals surface area contributed by atoms with Crippen LogP contribution in [0, 0.1) is 11.6 Å². The zero-order valence-electron chi connectivity index (χ0n) is 18.2. The van der Waals surface area contributed by atoms with Crippen molar-refractivity contribution in [1.82, 2.24) is 25.0 Å². The Hall–Kier alpha value is -3.92. The number of benzene rings is 2. The number of carbonyl (C=O) groups excluding carboxylic acids is 2. The van der Waals surface area contributed by atoms with Gasteiger partial charge in [0.1, 0.15) is 11.6 Å². The predicted octanol–water partition coefficient (Wildman–Crippen LogP) is 4.05. The molecule has 2 aromatic heterocycles. The minimum atomic E-state index is -0.502. The number of carbonyl (C=O) groups is 2. The number of amides is 2. The van der Waals surface area contributed by atoms with E-state index in [0.29, 0.717) is 11.5 Å². The summed E-state index contributed by atoms with van der Waals surface area (Å²) in [5, 5.41) is 8.98. The number of rotatable bonds is 8. The molecular weight excluding hydrogens is 460 g/mol. The Morgan fingerprint density at radius 3 is 2.32 bits per heavy atom. The third-order valence-electron chi connectivity index (χ3n) is 5.02. The van der Waals surface area contributed by atoms with Gasteiger partial charge in [0.2, 0.25) is 11.7 Å². The smallest absolute Gasteiger partial charge is 0.294 e. The van der Waals surface area contributed by atoms with Crippen molar-refractivity contribution in [2.24, 2.45) is 0 Å². The minimum Gasteiger partial charge on any atom is -0.350 e. The first-order valence-corrected chi connectivity index (χ1v) is 11.4. The van der Waals surface area contributed by atoms with E-state index < -0.39 is 5.91 Å². The molecule has 2 aromatic carbocycles. The number of nitrogens with one attached hydrogen (secondary N) is 1. The minimum absolute atomic E-state index is 0.0686. The van der Waals surface area contributed by atoms with Crippen molar-refractivity contribution in [3.05, 3.63) is 89.1 Å². The van der Waals surface area contributed by atoms with Crippen molar-refractivity contribution in [3.63, 3.8) is 0 Å². The highest BCUT2D eigenvalue weighted by atomic mass is 32.1. The summed E-state index contributed by atoms with van der Waals surface area (Å²) in [7, 11) is 0. The Bertz CT molecular complexity index is 1270. The van der Waals surface area contributed by atoms with Gasteiger partial charge in [-0.3, -0.25) is 9.59 Å². The second-order valence-corrected chi connectivity index (χ2v) is 8.29. The van der Waals surface area contributed by atoms with Gasteiger partial charge >= 0.3 is 0 Å². The molecule has 4 rings (SSSR count). The molecule has 4 aromatic rings. The first-order chi connectivity index (χ1) is 16.4. The summed E-state index contributed by atoms with van der Waals surface area (Å²) in [6.07, 6.45) is 0. The molecule has 0 saturated heterocycles.